The zero-order valence-corrected chi connectivity index (χ0v) is 19.2. The van der Waals surface area contributed by atoms with Crippen molar-refractivity contribution >= 4 is 28.3 Å². The molecule has 32 heavy (non-hydrogen) atoms. The van der Waals surface area contributed by atoms with E-state index in [9.17, 15) is 9.00 Å². The molecular weight excluding hydrogens is 432 g/mol. The summed E-state index contributed by atoms with van der Waals surface area (Å²) < 4.78 is 30.5. The lowest BCUT2D eigenvalue weighted by molar-refractivity contribution is -0.114. The minimum Gasteiger partial charge on any atom is -0.497 e. The van der Waals surface area contributed by atoms with Crippen molar-refractivity contribution in [3.63, 3.8) is 0 Å². The van der Waals surface area contributed by atoms with Gasteiger partial charge >= 0.3 is 0 Å². The van der Waals surface area contributed by atoms with Crippen molar-refractivity contribution in [1.82, 2.24) is 4.98 Å². The molecule has 172 valence electrons. The van der Waals surface area contributed by atoms with Gasteiger partial charge in [0, 0.05) is 30.4 Å². The van der Waals surface area contributed by atoms with Crippen LogP contribution in [0.5, 0.6) is 11.6 Å². The SMILES string of the molecule is COc1ccc(CN(c2cc(NC3=C(C(N)=O)CCOCC3)cnc2OC)S(C)=O)cc1. The summed E-state index contributed by atoms with van der Waals surface area (Å²) in [4.78, 5) is 16.3. The number of hydrogen-bond donors (Lipinski definition) is 2. The second-order valence-electron chi connectivity index (χ2n) is 7.12. The Morgan fingerprint density at radius 3 is 2.56 bits per heavy atom. The maximum atomic E-state index is 12.6. The van der Waals surface area contributed by atoms with Crippen LogP contribution in [-0.4, -0.2) is 48.8 Å². The molecule has 0 radical (unpaired) electrons. The molecule has 1 aliphatic heterocycles. The summed E-state index contributed by atoms with van der Waals surface area (Å²) in [6.45, 7) is 1.30. The number of nitrogens with two attached hydrogens (primary N) is 1. The molecule has 1 aromatic carbocycles. The van der Waals surface area contributed by atoms with Gasteiger partial charge in [0.25, 0.3) is 0 Å². The minimum absolute atomic E-state index is 0.340. The highest BCUT2D eigenvalue weighted by molar-refractivity contribution is 7.85. The number of nitrogens with one attached hydrogen (secondary N) is 1. The summed E-state index contributed by atoms with van der Waals surface area (Å²) >= 11 is 0. The monoisotopic (exact) mass is 460 g/mol. The number of nitrogens with zero attached hydrogens (tertiary/aromatic N) is 2. The van der Waals surface area contributed by atoms with Crippen molar-refractivity contribution in [2.75, 3.05) is 43.3 Å². The minimum atomic E-state index is -1.36. The molecule has 0 spiro atoms. The van der Waals surface area contributed by atoms with E-state index in [4.69, 9.17) is 19.9 Å². The molecule has 1 atom stereocenters. The lowest BCUT2D eigenvalue weighted by atomic mass is 10.1. The van der Waals surface area contributed by atoms with Crippen LogP contribution in [0.2, 0.25) is 0 Å². The molecule has 1 unspecified atom stereocenters. The number of carbonyl (C=O) groups is 1. The molecule has 0 bridgehead atoms. The van der Waals surface area contributed by atoms with Crippen LogP contribution in [0.4, 0.5) is 11.4 Å². The van der Waals surface area contributed by atoms with E-state index in [0.717, 1.165) is 11.3 Å². The molecule has 10 heteroatoms. The third-order valence-corrected chi connectivity index (χ3v) is 5.99. The van der Waals surface area contributed by atoms with E-state index < -0.39 is 16.9 Å². The predicted molar refractivity (Wildman–Crippen MR) is 124 cm³/mol. The Bertz CT molecular complexity index is 1010. The number of amides is 1. The van der Waals surface area contributed by atoms with Crippen molar-refractivity contribution in [3.05, 3.63) is 53.4 Å². The summed E-state index contributed by atoms with van der Waals surface area (Å²) in [5.74, 6) is 0.609. The summed E-state index contributed by atoms with van der Waals surface area (Å²) in [5.41, 5.74) is 8.90. The molecule has 2 aromatic rings. The van der Waals surface area contributed by atoms with Crippen LogP contribution in [0, 0.1) is 0 Å². The summed E-state index contributed by atoms with van der Waals surface area (Å²) in [6.07, 6.45) is 4.16. The number of primary amides is 1. The van der Waals surface area contributed by atoms with Gasteiger partial charge in [0.1, 0.15) is 22.4 Å². The van der Waals surface area contributed by atoms with E-state index in [1.165, 1.54) is 7.11 Å². The second-order valence-corrected chi connectivity index (χ2v) is 8.41. The molecule has 3 rings (SSSR count). The fourth-order valence-electron chi connectivity index (χ4n) is 3.39. The van der Waals surface area contributed by atoms with E-state index in [0.29, 0.717) is 61.1 Å². The number of rotatable bonds is 9. The Labute approximate surface area is 190 Å². The van der Waals surface area contributed by atoms with Gasteiger partial charge < -0.3 is 25.3 Å². The summed E-state index contributed by atoms with van der Waals surface area (Å²) in [6, 6.07) is 9.33. The first kappa shape index (κ1) is 23.6. The van der Waals surface area contributed by atoms with E-state index in [2.05, 4.69) is 10.3 Å². The fraction of sp³-hybridized carbons (Fsp3) is 0.364. The first-order valence-electron chi connectivity index (χ1n) is 10.1. The van der Waals surface area contributed by atoms with Crippen LogP contribution < -0.4 is 24.8 Å². The molecule has 0 saturated carbocycles. The maximum absolute atomic E-state index is 12.6. The quantitative estimate of drug-likeness (QED) is 0.590. The molecule has 3 N–H and O–H groups in total. The Balaban J connectivity index is 1.94. The van der Waals surface area contributed by atoms with E-state index in [1.54, 1.807) is 29.9 Å². The summed E-state index contributed by atoms with van der Waals surface area (Å²) in [5, 5.41) is 3.26. The molecular formula is C22H28N4O5S. The van der Waals surface area contributed by atoms with Crippen molar-refractivity contribution in [2.24, 2.45) is 5.73 Å². The van der Waals surface area contributed by atoms with E-state index in [-0.39, 0.29) is 0 Å². The van der Waals surface area contributed by atoms with Crippen molar-refractivity contribution in [1.29, 1.82) is 0 Å². The van der Waals surface area contributed by atoms with Gasteiger partial charge in [-0.25, -0.2) is 9.19 Å². The van der Waals surface area contributed by atoms with Crippen LogP contribution in [0.25, 0.3) is 0 Å². The third-order valence-electron chi connectivity index (χ3n) is 5.04. The molecule has 1 amide bonds. The highest BCUT2D eigenvalue weighted by Gasteiger charge is 2.20. The number of hydrogen-bond acceptors (Lipinski definition) is 7. The van der Waals surface area contributed by atoms with Gasteiger partial charge in [-0.15, -0.1) is 0 Å². The first-order valence-corrected chi connectivity index (χ1v) is 11.6. The Hall–Kier alpha value is -3.11. The number of carbonyl (C=O) groups excluding carboxylic acids is 1. The Kier molecular flexibility index (Phi) is 8.07. The molecule has 1 aromatic heterocycles. The Morgan fingerprint density at radius 2 is 1.94 bits per heavy atom. The lowest BCUT2D eigenvalue weighted by Gasteiger charge is -2.24. The number of benzene rings is 1. The normalized spacial score (nSPS) is 15.0. The number of methoxy groups -OCH3 is 2. The van der Waals surface area contributed by atoms with Gasteiger partial charge in [-0.05, 0) is 23.8 Å². The van der Waals surface area contributed by atoms with Crippen LogP contribution >= 0.6 is 0 Å². The molecule has 9 nitrogen and oxygen atoms in total. The Morgan fingerprint density at radius 1 is 1.22 bits per heavy atom. The molecule has 1 aliphatic rings. The maximum Gasteiger partial charge on any atom is 0.246 e. The zero-order chi connectivity index (χ0) is 23.1. The molecule has 2 heterocycles. The number of anilines is 2. The molecule has 0 saturated heterocycles. The van der Waals surface area contributed by atoms with Crippen molar-refractivity contribution < 1.29 is 23.2 Å². The highest BCUT2D eigenvalue weighted by Crippen LogP contribution is 2.32. The summed E-state index contributed by atoms with van der Waals surface area (Å²) in [7, 11) is 1.76. The first-order chi connectivity index (χ1) is 15.4. The lowest BCUT2D eigenvalue weighted by Crippen LogP contribution is -2.25. The number of pyridine rings is 1. The van der Waals surface area contributed by atoms with Crippen LogP contribution in [0.1, 0.15) is 18.4 Å². The average Bonchev–Trinajstić information content (AvgIpc) is 3.03. The number of aromatic nitrogens is 1. The van der Waals surface area contributed by atoms with Crippen LogP contribution in [0.15, 0.2) is 47.8 Å². The van der Waals surface area contributed by atoms with Gasteiger partial charge in [-0.3, -0.25) is 9.10 Å². The van der Waals surface area contributed by atoms with Crippen molar-refractivity contribution in [2.45, 2.75) is 19.4 Å². The topological polar surface area (TPSA) is 116 Å². The van der Waals surface area contributed by atoms with Gasteiger partial charge in [-0.2, -0.15) is 0 Å². The standard InChI is InChI=1S/C22H28N4O5S/c1-29-17-6-4-15(5-7-17)14-26(32(3)28)20-12-16(13-24-22(20)30-2)25-19-9-11-31-10-8-18(19)21(23)27/h4-7,12-13,25H,8-11,14H2,1-3H3,(H2,23,27). The average molecular weight is 461 g/mol. The second kappa shape index (κ2) is 11.0. The number of ether oxygens (including phenoxy) is 3. The molecule has 0 fully saturated rings. The van der Waals surface area contributed by atoms with Gasteiger partial charge in [-0.1, -0.05) is 12.1 Å². The smallest absolute Gasteiger partial charge is 0.246 e. The van der Waals surface area contributed by atoms with Gasteiger partial charge in [0.05, 0.1) is 45.9 Å². The third kappa shape index (κ3) is 5.77. The van der Waals surface area contributed by atoms with E-state index in [1.807, 2.05) is 24.3 Å². The van der Waals surface area contributed by atoms with E-state index >= 15 is 0 Å². The van der Waals surface area contributed by atoms with Crippen LogP contribution in [-0.2, 0) is 27.1 Å². The fourth-order valence-corrected chi connectivity index (χ4v) is 4.13. The largest absolute Gasteiger partial charge is 0.497 e. The molecule has 0 aliphatic carbocycles. The van der Waals surface area contributed by atoms with Crippen molar-refractivity contribution in [3.8, 4) is 11.6 Å². The van der Waals surface area contributed by atoms with Gasteiger partial charge in [0.2, 0.25) is 11.8 Å². The van der Waals surface area contributed by atoms with Crippen LogP contribution in [0.3, 0.4) is 0 Å². The van der Waals surface area contributed by atoms with Gasteiger partial charge in [0.15, 0.2) is 0 Å². The predicted octanol–water partition coefficient (Wildman–Crippen LogP) is 2.36. The highest BCUT2D eigenvalue weighted by atomic mass is 32.2. The zero-order valence-electron chi connectivity index (χ0n) is 18.4.